The van der Waals surface area contributed by atoms with Crippen molar-refractivity contribution in [3.05, 3.63) is 110 Å². The Bertz CT molecular complexity index is 1600. The van der Waals surface area contributed by atoms with E-state index in [-0.39, 0.29) is 30.9 Å². The highest BCUT2D eigenvalue weighted by Gasteiger charge is 2.16. The lowest BCUT2D eigenvalue weighted by molar-refractivity contribution is -0.122. The number of carbonyl (C=O) groups excluding carboxylic acids is 2. The smallest absolute Gasteiger partial charge is 0.332 e. The quantitative estimate of drug-likeness (QED) is 0.329. The van der Waals surface area contributed by atoms with Crippen molar-refractivity contribution in [3.63, 3.8) is 0 Å². The lowest BCUT2D eigenvalue weighted by Crippen LogP contribution is -2.43. The van der Waals surface area contributed by atoms with E-state index in [1.54, 1.807) is 55.6 Å². The molecule has 2 amide bonds. The molecule has 202 valence electrons. The third-order valence-electron chi connectivity index (χ3n) is 6.64. The van der Waals surface area contributed by atoms with E-state index in [9.17, 15) is 19.2 Å². The molecular weight excluding hydrogens is 496 g/mol. The second kappa shape index (κ2) is 12.3. The first-order chi connectivity index (χ1) is 18.8. The van der Waals surface area contributed by atoms with Crippen molar-refractivity contribution in [3.8, 4) is 5.75 Å². The summed E-state index contributed by atoms with van der Waals surface area (Å²) in [5.74, 6) is 0.132. The van der Waals surface area contributed by atoms with Gasteiger partial charge in [-0.25, -0.2) is 4.79 Å². The number of fused-ring (bicyclic) bond motifs is 1. The fraction of sp³-hybridized carbons (Fsp3) is 0.267. The summed E-state index contributed by atoms with van der Waals surface area (Å²) in [5, 5.41) is 6.09. The van der Waals surface area contributed by atoms with Crippen LogP contribution in [0.5, 0.6) is 5.75 Å². The topological polar surface area (TPSA) is 111 Å². The highest BCUT2D eigenvalue weighted by molar-refractivity contribution is 5.94. The Labute approximate surface area is 226 Å². The van der Waals surface area contributed by atoms with Crippen LogP contribution in [0.25, 0.3) is 10.9 Å². The number of amides is 2. The van der Waals surface area contributed by atoms with E-state index in [2.05, 4.69) is 10.6 Å². The third-order valence-corrected chi connectivity index (χ3v) is 6.64. The van der Waals surface area contributed by atoms with Gasteiger partial charge in [0.05, 0.1) is 24.6 Å². The fourth-order valence-corrected chi connectivity index (χ4v) is 4.30. The Morgan fingerprint density at radius 1 is 0.923 bits per heavy atom. The van der Waals surface area contributed by atoms with Gasteiger partial charge in [0.15, 0.2) is 0 Å². The van der Waals surface area contributed by atoms with Gasteiger partial charge in [-0.1, -0.05) is 49.4 Å². The Kier molecular flexibility index (Phi) is 8.60. The number of hydrogen-bond acceptors (Lipinski definition) is 5. The second-order valence-corrected chi connectivity index (χ2v) is 9.35. The van der Waals surface area contributed by atoms with E-state index >= 15 is 0 Å². The molecule has 1 aromatic heterocycles. The van der Waals surface area contributed by atoms with Crippen LogP contribution in [-0.2, 0) is 24.4 Å². The predicted octanol–water partition coefficient (Wildman–Crippen LogP) is 3.06. The molecule has 39 heavy (non-hydrogen) atoms. The van der Waals surface area contributed by atoms with E-state index in [1.165, 1.54) is 4.57 Å². The molecule has 2 N–H and O–H groups in total. The van der Waals surface area contributed by atoms with Gasteiger partial charge in [-0.05, 0) is 49.2 Å². The van der Waals surface area contributed by atoms with Crippen LogP contribution in [0.4, 0.5) is 0 Å². The largest absolute Gasteiger partial charge is 0.496 e. The van der Waals surface area contributed by atoms with Gasteiger partial charge in [0.2, 0.25) is 5.91 Å². The maximum Gasteiger partial charge on any atom is 0.332 e. The fourth-order valence-electron chi connectivity index (χ4n) is 4.30. The van der Waals surface area contributed by atoms with Crippen LogP contribution >= 0.6 is 0 Å². The van der Waals surface area contributed by atoms with Crippen molar-refractivity contribution >= 4 is 22.7 Å². The Morgan fingerprint density at radius 2 is 1.62 bits per heavy atom. The van der Waals surface area contributed by atoms with Crippen molar-refractivity contribution in [2.45, 2.75) is 45.9 Å². The zero-order valence-corrected chi connectivity index (χ0v) is 22.3. The normalized spacial score (nSPS) is 11.7. The van der Waals surface area contributed by atoms with E-state index in [0.29, 0.717) is 34.3 Å². The molecule has 9 nitrogen and oxygen atoms in total. The van der Waals surface area contributed by atoms with Crippen LogP contribution < -0.4 is 26.6 Å². The molecule has 4 aromatic rings. The van der Waals surface area contributed by atoms with Gasteiger partial charge < -0.3 is 15.4 Å². The summed E-state index contributed by atoms with van der Waals surface area (Å²) < 4.78 is 7.77. The molecule has 1 heterocycles. The van der Waals surface area contributed by atoms with Crippen molar-refractivity contribution in [1.82, 2.24) is 19.8 Å². The third kappa shape index (κ3) is 6.26. The summed E-state index contributed by atoms with van der Waals surface area (Å²) in [6, 6.07) is 20.9. The Morgan fingerprint density at radius 3 is 2.33 bits per heavy atom. The van der Waals surface area contributed by atoms with Gasteiger partial charge in [-0.3, -0.25) is 23.5 Å². The number of nitrogens with zero attached hydrogens (tertiary/aromatic N) is 2. The first-order valence-electron chi connectivity index (χ1n) is 12.8. The molecule has 9 heteroatoms. The number of aromatic nitrogens is 2. The summed E-state index contributed by atoms with van der Waals surface area (Å²) in [5.41, 5.74) is 1.37. The lowest BCUT2D eigenvalue weighted by atomic mass is 10.1. The van der Waals surface area contributed by atoms with Crippen molar-refractivity contribution in [1.29, 1.82) is 0 Å². The van der Waals surface area contributed by atoms with E-state index in [0.717, 1.165) is 16.6 Å². The van der Waals surface area contributed by atoms with E-state index < -0.39 is 11.2 Å². The molecule has 1 atom stereocenters. The molecule has 0 spiro atoms. The van der Waals surface area contributed by atoms with Gasteiger partial charge in [0.25, 0.3) is 11.5 Å². The SMILES string of the molecule is CC[C@@H](C)NC(=O)Cn1c(=O)n(Cc2ccc(C(=O)NCc3ccccc3OC)cc2)c(=O)c2ccccc21. The maximum atomic E-state index is 13.4. The molecule has 0 aliphatic rings. The average molecular weight is 529 g/mol. The molecule has 0 radical (unpaired) electrons. The number of rotatable bonds is 10. The zero-order valence-electron chi connectivity index (χ0n) is 22.3. The highest BCUT2D eigenvalue weighted by Crippen LogP contribution is 2.17. The zero-order chi connectivity index (χ0) is 27.9. The maximum absolute atomic E-state index is 13.4. The minimum atomic E-state index is -0.573. The number of benzene rings is 3. The summed E-state index contributed by atoms with van der Waals surface area (Å²) >= 11 is 0. The van der Waals surface area contributed by atoms with E-state index in [1.807, 2.05) is 38.1 Å². The predicted molar refractivity (Wildman–Crippen MR) is 150 cm³/mol. The van der Waals surface area contributed by atoms with Crippen LogP contribution in [0.1, 0.15) is 41.8 Å². The second-order valence-electron chi connectivity index (χ2n) is 9.35. The van der Waals surface area contributed by atoms with Crippen LogP contribution in [0, 0.1) is 0 Å². The van der Waals surface area contributed by atoms with Crippen LogP contribution in [0.15, 0.2) is 82.4 Å². The number of carbonyl (C=O) groups is 2. The molecule has 0 bridgehead atoms. The molecule has 0 unspecified atom stereocenters. The number of nitrogens with one attached hydrogen (secondary N) is 2. The molecule has 0 aliphatic heterocycles. The lowest BCUT2D eigenvalue weighted by Gasteiger charge is -2.16. The Balaban J connectivity index is 1.56. The summed E-state index contributed by atoms with van der Waals surface area (Å²) in [4.78, 5) is 52.0. The molecule has 0 aliphatic carbocycles. The Hall–Kier alpha value is -4.66. The van der Waals surface area contributed by atoms with Gasteiger partial charge in [0.1, 0.15) is 12.3 Å². The number of hydrogen-bond donors (Lipinski definition) is 2. The van der Waals surface area contributed by atoms with Crippen molar-refractivity contribution < 1.29 is 14.3 Å². The molecule has 0 fully saturated rings. The number of para-hydroxylation sites is 2. The molecule has 0 saturated carbocycles. The summed E-state index contributed by atoms with van der Waals surface area (Å²) in [6.45, 7) is 3.96. The van der Waals surface area contributed by atoms with Gasteiger partial charge in [-0.15, -0.1) is 0 Å². The monoisotopic (exact) mass is 528 g/mol. The van der Waals surface area contributed by atoms with Crippen molar-refractivity contribution in [2.75, 3.05) is 7.11 Å². The number of methoxy groups -OCH3 is 1. The van der Waals surface area contributed by atoms with Gasteiger partial charge >= 0.3 is 5.69 Å². The average Bonchev–Trinajstić information content (AvgIpc) is 2.96. The molecular formula is C30H32N4O5. The molecule has 0 saturated heterocycles. The van der Waals surface area contributed by atoms with Gasteiger partial charge in [-0.2, -0.15) is 0 Å². The van der Waals surface area contributed by atoms with Gasteiger partial charge in [0, 0.05) is 23.7 Å². The minimum absolute atomic E-state index is 0.00139. The van der Waals surface area contributed by atoms with Crippen molar-refractivity contribution in [2.24, 2.45) is 0 Å². The van der Waals surface area contributed by atoms with Crippen LogP contribution in [-0.4, -0.2) is 34.1 Å². The summed E-state index contributed by atoms with van der Waals surface area (Å²) in [6.07, 6.45) is 0.759. The highest BCUT2D eigenvalue weighted by atomic mass is 16.5. The first kappa shape index (κ1) is 27.4. The van der Waals surface area contributed by atoms with Crippen LogP contribution in [0.3, 0.4) is 0 Å². The standard InChI is InChI=1S/C30H32N4O5/c1-4-20(2)32-27(35)19-33-25-11-7-6-10-24(25)29(37)34(30(33)38)18-21-13-15-22(16-14-21)28(36)31-17-23-9-5-8-12-26(23)39-3/h5-16,20H,4,17-19H2,1-3H3,(H,31,36)(H,32,35)/t20-/m1/s1. The summed E-state index contributed by atoms with van der Waals surface area (Å²) in [7, 11) is 1.58. The van der Waals surface area contributed by atoms with Crippen LogP contribution in [0.2, 0.25) is 0 Å². The molecule has 4 rings (SSSR count). The minimum Gasteiger partial charge on any atom is -0.496 e. The van der Waals surface area contributed by atoms with E-state index in [4.69, 9.17) is 4.74 Å². The first-order valence-corrected chi connectivity index (χ1v) is 12.8. The number of ether oxygens (including phenoxy) is 1. The molecule has 3 aromatic carbocycles.